The van der Waals surface area contributed by atoms with Crippen LogP contribution in [0.3, 0.4) is 0 Å². The first-order valence-electron chi connectivity index (χ1n) is 16.9. The molecule has 45 heavy (non-hydrogen) atoms. The van der Waals surface area contributed by atoms with Gasteiger partial charge in [0.1, 0.15) is 17.4 Å². The van der Waals surface area contributed by atoms with E-state index in [9.17, 15) is 14.4 Å². The van der Waals surface area contributed by atoms with Gasteiger partial charge in [0.15, 0.2) is 0 Å². The van der Waals surface area contributed by atoms with Gasteiger partial charge in [0.05, 0.1) is 6.61 Å². The minimum absolute atomic E-state index is 0.112. The number of carbonyl (C=O) groups excluding carboxylic acids is 3. The summed E-state index contributed by atoms with van der Waals surface area (Å²) in [5.74, 6) is 0.497. The fraction of sp³-hybridized carbons (Fsp3) is 0.735. The van der Waals surface area contributed by atoms with E-state index in [0.29, 0.717) is 38.6 Å². The maximum absolute atomic E-state index is 13.0. The normalized spacial score (nSPS) is 13.1. The SMILES string of the molecule is CCCC(=O)NC(Cc1ccc(OC(C)(C)C)cc1)C(=O)NCCCNCCC(C)NCCCCNC(=O)OCC[Si](C)(C)C. The molecule has 2 unspecified atom stereocenters. The molecule has 0 saturated carbocycles. The predicted molar refractivity (Wildman–Crippen MR) is 187 cm³/mol. The van der Waals surface area contributed by atoms with Crippen molar-refractivity contribution in [1.82, 2.24) is 26.6 Å². The summed E-state index contributed by atoms with van der Waals surface area (Å²) >= 11 is 0. The smallest absolute Gasteiger partial charge is 0.407 e. The van der Waals surface area contributed by atoms with Gasteiger partial charge in [-0.15, -0.1) is 0 Å². The summed E-state index contributed by atoms with van der Waals surface area (Å²) in [7, 11) is -1.18. The highest BCUT2D eigenvalue weighted by atomic mass is 28.3. The Labute approximate surface area is 273 Å². The maximum atomic E-state index is 13.0. The zero-order chi connectivity index (χ0) is 33.7. The number of nitrogens with one attached hydrogen (secondary N) is 5. The lowest BCUT2D eigenvalue weighted by Gasteiger charge is -2.22. The fourth-order valence-electron chi connectivity index (χ4n) is 4.37. The highest BCUT2D eigenvalue weighted by molar-refractivity contribution is 6.76. The Kier molecular flexibility index (Phi) is 19.7. The molecule has 10 nitrogen and oxygen atoms in total. The number of carbonyl (C=O) groups is 3. The third-order valence-electron chi connectivity index (χ3n) is 6.95. The van der Waals surface area contributed by atoms with E-state index in [1.165, 1.54) is 0 Å². The van der Waals surface area contributed by atoms with Gasteiger partial charge in [-0.2, -0.15) is 0 Å². The third-order valence-corrected chi connectivity index (χ3v) is 8.65. The van der Waals surface area contributed by atoms with Crippen LogP contribution in [0.4, 0.5) is 4.79 Å². The summed E-state index contributed by atoms with van der Waals surface area (Å²) in [5.41, 5.74) is 0.676. The van der Waals surface area contributed by atoms with E-state index in [-0.39, 0.29) is 23.5 Å². The second kappa shape index (κ2) is 22.0. The molecule has 2 atom stereocenters. The molecule has 0 aliphatic rings. The van der Waals surface area contributed by atoms with Gasteiger partial charge >= 0.3 is 6.09 Å². The van der Waals surface area contributed by atoms with E-state index >= 15 is 0 Å². The summed E-state index contributed by atoms with van der Waals surface area (Å²) in [6.45, 7) is 21.2. The van der Waals surface area contributed by atoms with Gasteiger partial charge in [-0.25, -0.2) is 4.79 Å². The lowest BCUT2D eigenvalue weighted by molar-refractivity contribution is -0.129. The number of hydrogen-bond donors (Lipinski definition) is 5. The van der Waals surface area contributed by atoms with Crippen molar-refractivity contribution < 1.29 is 23.9 Å². The number of amides is 3. The number of ether oxygens (including phenoxy) is 2. The largest absolute Gasteiger partial charge is 0.488 e. The first kappa shape index (κ1) is 40.4. The lowest BCUT2D eigenvalue weighted by Crippen LogP contribution is -2.48. The van der Waals surface area contributed by atoms with Crippen molar-refractivity contribution in [3.05, 3.63) is 29.8 Å². The summed E-state index contributed by atoms with van der Waals surface area (Å²) in [5, 5.41) is 15.7. The molecule has 0 bridgehead atoms. The fourth-order valence-corrected chi connectivity index (χ4v) is 5.08. The molecule has 0 aromatic heterocycles. The van der Waals surface area contributed by atoms with Crippen LogP contribution in [0.15, 0.2) is 24.3 Å². The maximum Gasteiger partial charge on any atom is 0.407 e. The molecule has 258 valence electrons. The summed E-state index contributed by atoms with van der Waals surface area (Å²) in [4.78, 5) is 37.0. The van der Waals surface area contributed by atoms with E-state index in [4.69, 9.17) is 9.47 Å². The minimum atomic E-state index is -1.18. The molecular weight excluding hydrogens is 586 g/mol. The quantitative estimate of drug-likeness (QED) is 0.0834. The molecule has 1 aromatic carbocycles. The Morgan fingerprint density at radius 2 is 1.56 bits per heavy atom. The number of rotatable bonds is 23. The topological polar surface area (TPSA) is 130 Å². The van der Waals surface area contributed by atoms with Crippen LogP contribution in [-0.2, 0) is 20.7 Å². The molecule has 1 rings (SSSR count). The van der Waals surface area contributed by atoms with Gasteiger partial charge in [-0.1, -0.05) is 38.7 Å². The number of hydrogen-bond acceptors (Lipinski definition) is 7. The molecule has 0 aliphatic heterocycles. The van der Waals surface area contributed by atoms with Crippen molar-refractivity contribution in [2.75, 3.05) is 39.3 Å². The van der Waals surface area contributed by atoms with Crippen LogP contribution in [0.1, 0.15) is 78.7 Å². The second-order valence-electron chi connectivity index (χ2n) is 14.1. The van der Waals surface area contributed by atoms with E-state index < -0.39 is 14.1 Å². The van der Waals surface area contributed by atoms with Crippen LogP contribution in [0.2, 0.25) is 25.7 Å². The van der Waals surface area contributed by atoms with E-state index in [2.05, 4.69) is 53.1 Å². The lowest BCUT2D eigenvalue weighted by atomic mass is 10.0. The molecule has 3 amide bonds. The average Bonchev–Trinajstić information content (AvgIpc) is 2.93. The summed E-state index contributed by atoms with van der Waals surface area (Å²) < 4.78 is 11.1. The van der Waals surface area contributed by atoms with Crippen LogP contribution in [-0.4, -0.2) is 83.0 Å². The van der Waals surface area contributed by atoms with Crippen LogP contribution >= 0.6 is 0 Å². The van der Waals surface area contributed by atoms with Crippen molar-refractivity contribution in [3.8, 4) is 5.75 Å². The molecule has 0 heterocycles. The predicted octanol–water partition coefficient (Wildman–Crippen LogP) is 5.00. The van der Waals surface area contributed by atoms with E-state index in [0.717, 1.165) is 69.1 Å². The molecule has 0 spiro atoms. The van der Waals surface area contributed by atoms with Gasteiger partial charge in [0.25, 0.3) is 0 Å². The molecule has 11 heteroatoms. The molecule has 0 saturated heterocycles. The van der Waals surface area contributed by atoms with Crippen molar-refractivity contribution >= 4 is 26.0 Å². The minimum Gasteiger partial charge on any atom is -0.488 e. The zero-order valence-electron chi connectivity index (χ0n) is 29.4. The Morgan fingerprint density at radius 3 is 2.20 bits per heavy atom. The van der Waals surface area contributed by atoms with Gasteiger partial charge < -0.3 is 36.1 Å². The second-order valence-corrected chi connectivity index (χ2v) is 19.7. The molecule has 1 aromatic rings. The van der Waals surface area contributed by atoms with Crippen molar-refractivity contribution in [1.29, 1.82) is 0 Å². The number of benzene rings is 1. The van der Waals surface area contributed by atoms with Gasteiger partial charge in [-0.05, 0) is 103 Å². The van der Waals surface area contributed by atoms with E-state index in [1.807, 2.05) is 52.0 Å². The zero-order valence-corrected chi connectivity index (χ0v) is 30.4. The van der Waals surface area contributed by atoms with Crippen molar-refractivity contribution in [2.45, 2.75) is 123 Å². The van der Waals surface area contributed by atoms with Crippen LogP contribution in [0, 0.1) is 0 Å². The monoisotopic (exact) mass is 649 g/mol. The highest BCUT2D eigenvalue weighted by Crippen LogP contribution is 2.19. The van der Waals surface area contributed by atoms with Gasteiger partial charge in [-0.3, -0.25) is 9.59 Å². The van der Waals surface area contributed by atoms with Crippen molar-refractivity contribution in [3.63, 3.8) is 0 Å². The Balaban J connectivity index is 2.22. The third kappa shape index (κ3) is 22.5. The number of alkyl carbamates (subject to hydrolysis) is 1. The Bertz CT molecular complexity index is 979. The highest BCUT2D eigenvalue weighted by Gasteiger charge is 2.21. The standard InChI is InChI=1S/C34H63N5O5Si/c1-9-13-31(40)39-30(26-28-14-16-29(17-15-28)44-34(3,4)5)32(41)37-22-12-19-35-23-18-27(2)36-20-10-11-21-38-33(42)43-24-25-45(6,7)8/h14-17,27,30,35-36H,9-13,18-26H2,1-8H3,(H,37,41)(H,38,42)(H,39,40). The first-order valence-corrected chi connectivity index (χ1v) is 20.6. The Morgan fingerprint density at radius 1 is 0.889 bits per heavy atom. The number of unbranched alkanes of at least 4 members (excludes halogenated alkanes) is 1. The van der Waals surface area contributed by atoms with Crippen LogP contribution in [0.5, 0.6) is 5.75 Å². The van der Waals surface area contributed by atoms with Gasteiger partial charge in [0, 0.05) is 40.0 Å². The molecular formula is C34H63N5O5Si. The molecule has 0 aliphatic carbocycles. The first-order chi connectivity index (χ1) is 21.2. The van der Waals surface area contributed by atoms with Gasteiger partial charge in [0.2, 0.25) is 11.8 Å². The molecule has 5 N–H and O–H groups in total. The van der Waals surface area contributed by atoms with E-state index in [1.54, 1.807) is 0 Å². The average molecular weight is 650 g/mol. The van der Waals surface area contributed by atoms with Crippen LogP contribution in [0.25, 0.3) is 0 Å². The van der Waals surface area contributed by atoms with Crippen LogP contribution < -0.4 is 31.3 Å². The summed E-state index contributed by atoms with van der Waals surface area (Å²) in [6.07, 6.45) is 4.93. The Hall–Kier alpha value is -2.63. The molecule has 0 radical (unpaired) electrons. The molecule has 0 fully saturated rings. The van der Waals surface area contributed by atoms with Crippen molar-refractivity contribution in [2.24, 2.45) is 0 Å². The summed E-state index contributed by atoms with van der Waals surface area (Å²) in [6, 6.07) is 8.45.